The van der Waals surface area contributed by atoms with Gasteiger partial charge in [0.2, 0.25) is 5.95 Å². The molecule has 0 unspecified atom stereocenters. The average molecular weight is 336 g/mol. The standard InChI is InChI=1S/C15H18BrN3O/c1-9-7-19(8-10(2)20-9)15-17-11(3)13-5-4-12(16)6-14(13)18-15/h4-6,9-10H,7-8H2,1-3H3/t9-,10+. The van der Waals surface area contributed by atoms with Crippen molar-refractivity contribution in [1.29, 1.82) is 0 Å². The van der Waals surface area contributed by atoms with Gasteiger partial charge < -0.3 is 9.64 Å². The van der Waals surface area contributed by atoms with Crippen molar-refractivity contribution in [3.63, 3.8) is 0 Å². The van der Waals surface area contributed by atoms with Gasteiger partial charge in [-0.05, 0) is 39.0 Å². The molecule has 0 bridgehead atoms. The monoisotopic (exact) mass is 335 g/mol. The Hall–Kier alpha value is -1.20. The summed E-state index contributed by atoms with van der Waals surface area (Å²) in [4.78, 5) is 11.6. The minimum absolute atomic E-state index is 0.209. The molecule has 106 valence electrons. The van der Waals surface area contributed by atoms with Crippen LogP contribution < -0.4 is 4.90 Å². The van der Waals surface area contributed by atoms with Crippen LogP contribution in [0.4, 0.5) is 5.95 Å². The van der Waals surface area contributed by atoms with Gasteiger partial charge in [-0.3, -0.25) is 0 Å². The maximum absolute atomic E-state index is 5.77. The lowest BCUT2D eigenvalue weighted by Gasteiger charge is -2.35. The molecule has 0 spiro atoms. The molecule has 1 fully saturated rings. The van der Waals surface area contributed by atoms with Crippen molar-refractivity contribution in [3.8, 4) is 0 Å². The number of rotatable bonds is 1. The van der Waals surface area contributed by atoms with Crippen LogP contribution in [0, 0.1) is 6.92 Å². The predicted molar refractivity (Wildman–Crippen MR) is 84.2 cm³/mol. The summed E-state index contributed by atoms with van der Waals surface area (Å²) >= 11 is 3.50. The Kier molecular flexibility index (Phi) is 3.65. The lowest BCUT2D eigenvalue weighted by molar-refractivity contribution is -0.00571. The van der Waals surface area contributed by atoms with Gasteiger partial charge in [0.05, 0.1) is 23.4 Å². The van der Waals surface area contributed by atoms with E-state index in [9.17, 15) is 0 Å². The zero-order valence-corrected chi connectivity index (χ0v) is 13.5. The Morgan fingerprint density at radius 3 is 2.60 bits per heavy atom. The van der Waals surface area contributed by atoms with E-state index in [1.54, 1.807) is 0 Å². The van der Waals surface area contributed by atoms with Gasteiger partial charge in [0.25, 0.3) is 0 Å². The number of nitrogens with zero attached hydrogens (tertiary/aromatic N) is 3. The largest absolute Gasteiger partial charge is 0.372 e. The molecule has 0 N–H and O–H groups in total. The van der Waals surface area contributed by atoms with E-state index in [-0.39, 0.29) is 12.2 Å². The van der Waals surface area contributed by atoms with Crippen molar-refractivity contribution in [1.82, 2.24) is 9.97 Å². The molecule has 1 aliphatic heterocycles. The molecule has 0 saturated carbocycles. The van der Waals surface area contributed by atoms with Crippen LogP contribution >= 0.6 is 15.9 Å². The second-order valence-electron chi connectivity index (χ2n) is 5.43. The minimum Gasteiger partial charge on any atom is -0.372 e. The van der Waals surface area contributed by atoms with Gasteiger partial charge in [-0.1, -0.05) is 15.9 Å². The number of hydrogen-bond acceptors (Lipinski definition) is 4. The fourth-order valence-electron chi connectivity index (χ4n) is 2.73. The van der Waals surface area contributed by atoms with Crippen LogP contribution in [0.25, 0.3) is 10.9 Å². The number of halogens is 1. The van der Waals surface area contributed by atoms with E-state index in [4.69, 9.17) is 9.72 Å². The first-order valence-corrected chi connectivity index (χ1v) is 7.66. The summed E-state index contributed by atoms with van der Waals surface area (Å²) in [5.74, 6) is 0.801. The molecule has 5 heteroatoms. The zero-order chi connectivity index (χ0) is 14.3. The van der Waals surface area contributed by atoms with Gasteiger partial charge in [0.15, 0.2) is 0 Å². The normalized spacial score (nSPS) is 23.3. The van der Waals surface area contributed by atoms with Crippen LogP contribution in [0.5, 0.6) is 0 Å². The van der Waals surface area contributed by atoms with Gasteiger partial charge in [0, 0.05) is 22.9 Å². The molecule has 0 radical (unpaired) electrons. The number of aromatic nitrogens is 2. The second kappa shape index (κ2) is 5.30. The molecule has 2 aromatic rings. The summed E-state index contributed by atoms with van der Waals surface area (Å²) in [5, 5.41) is 1.10. The maximum atomic E-state index is 5.77. The fourth-order valence-corrected chi connectivity index (χ4v) is 3.08. The number of hydrogen-bond donors (Lipinski definition) is 0. The van der Waals surface area contributed by atoms with Crippen LogP contribution in [0.1, 0.15) is 19.5 Å². The van der Waals surface area contributed by atoms with E-state index < -0.39 is 0 Å². The van der Waals surface area contributed by atoms with Crippen LogP contribution in [-0.4, -0.2) is 35.3 Å². The lowest BCUT2D eigenvalue weighted by atomic mass is 10.2. The Morgan fingerprint density at radius 2 is 1.90 bits per heavy atom. The summed E-state index contributed by atoms with van der Waals surface area (Å²) in [7, 11) is 0. The molecule has 1 aliphatic rings. The number of ether oxygens (including phenoxy) is 1. The smallest absolute Gasteiger partial charge is 0.226 e. The molecule has 3 rings (SSSR count). The summed E-state index contributed by atoms with van der Waals surface area (Å²) in [6.45, 7) is 7.89. The number of morpholine rings is 1. The molecule has 2 heterocycles. The third-order valence-electron chi connectivity index (χ3n) is 3.54. The minimum atomic E-state index is 0.209. The molecular formula is C15H18BrN3O. The topological polar surface area (TPSA) is 38.2 Å². The molecular weight excluding hydrogens is 318 g/mol. The molecule has 1 aromatic heterocycles. The molecule has 1 saturated heterocycles. The number of benzene rings is 1. The molecule has 0 aliphatic carbocycles. The van der Waals surface area contributed by atoms with E-state index in [2.05, 4.69) is 45.7 Å². The molecule has 1 aromatic carbocycles. The van der Waals surface area contributed by atoms with E-state index in [0.29, 0.717) is 0 Å². The van der Waals surface area contributed by atoms with Crippen molar-refractivity contribution in [2.75, 3.05) is 18.0 Å². The van der Waals surface area contributed by atoms with Crippen molar-refractivity contribution in [3.05, 3.63) is 28.4 Å². The zero-order valence-electron chi connectivity index (χ0n) is 11.9. The van der Waals surface area contributed by atoms with E-state index in [1.807, 2.05) is 19.1 Å². The Labute approximate surface area is 127 Å². The van der Waals surface area contributed by atoms with Crippen molar-refractivity contribution >= 4 is 32.8 Å². The summed E-state index contributed by atoms with van der Waals surface area (Å²) in [6, 6.07) is 6.13. The Morgan fingerprint density at radius 1 is 1.20 bits per heavy atom. The van der Waals surface area contributed by atoms with Crippen LogP contribution in [-0.2, 0) is 4.74 Å². The van der Waals surface area contributed by atoms with Crippen LogP contribution in [0.3, 0.4) is 0 Å². The van der Waals surface area contributed by atoms with Crippen molar-refractivity contribution in [2.45, 2.75) is 33.0 Å². The first-order chi connectivity index (χ1) is 9.52. The SMILES string of the molecule is Cc1nc(N2C[C@@H](C)O[C@@H](C)C2)nc2cc(Br)ccc12. The van der Waals surface area contributed by atoms with Crippen LogP contribution in [0.2, 0.25) is 0 Å². The van der Waals surface area contributed by atoms with E-state index in [1.165, 1.54) is 0 Å². The molecule has 4 nitrogen and oxygen atoms in total. The number of anilines is 1. The molecule has 20 heavy (non-hydrogen) atoms. The molecule has 0 amide bonds. The van der Waals surface area contributed by atoms with Gasteiger partial charge in [0.1, 0.15) is 0 Å². The summed E-state index contributed by atoms with van der Waals surface area (Å²) in [5.41, 5.74) is 2.00. The Balaban J connectivity index is 2.03. The van der Waals surface area contributed by atoms with Crippen LogP contribution in [0.15, 0.2) is 22.7 Å². The summed E-state index contributed by atoms with van der Waals surface area (Å²) < 4.78 is 6.81. The lowest BCUT2D eigenvalue weighted by Crippen LogP contribution is -2.46. The number of aryl methyl sites for hydroxylation is 1. The van der Waals surface area contributed by atoms with Gasteiger partial charge in [-0.2, -0.15) is 0 Å². The summed E-state index contributed by atoms with van der Waals surface area (Å²) in [6.07, 6.45) is 0.418. The van der Waals surface area contributed by atoms with E-state index >= 15 is 0 Å². The second-order valence-corrected chi connectivity index (χ2v) is 6.35. The first-order valence-electron chi connectivity index (χ1n) is 6.87. The average Bonchev–Trinajstić information content (AvgIpc) is 2.36. The molecule has 2 atom stereocenters. The van der Waals surface area contributed by atoms with Gasteiger partial charge in [-0.25, -0.2) is 9.97 Å². The highest BCUT2D eigenvalue weighted by Crippen LogP contribution is 2.24. The van der Waals surface area contributed by atoms with Gasteiger partial charge >= 0.3 is 0 Å². The highest BCUT2D eigenvalue weighted by Gasteiger charge is 2.24. The first kappa shape index (κ1) is 13.8. The third kappa shape index (κ3) is 2.65. The quantitative estimate of drug-likeness (QED) is 0.801. The highest BCUT2D eigenvalue weighted by molar-refractivity contribution is 9.10. The van der Waals surface area contributed by atoms with Crippen molar-refractivity contribution < 1.29 is 4.74 Å². The van der Waals surface area contributed by atoms with E-state index in [0.717, 1.165) is 40.1 Å². The number of fused-ring (bicyclic) bond motifs is 1. The fraction of sp³-hybridized carbons (Fsp3) is 0.467. The highest BCUT2D eigenvalue weighted by atomic mass is 79.9. The predicted octanol–water partition coefficient (Wildman–Crippen LogP) is 3.31. The van der Waals surface area contributed by atoms with Gasteiger partial charge in [-0.15, -0.1) is 0 Å². The van der Waals surface area contributed by atoms with Crippen molar-refractivity contribution in [2.24, 2.45) is 0 Å². The Bertz CT molecular complexity index is 636. The third-order valence-corrected chi connectivity index (χ3v) is 4.03. The maximum Gasteiger partial charge on any atom is 0.226 e.